The molecule has 1 unspecified atom stereocenters. The monoisotopic (exact) mass is 897 g/mol. The van der Waals surface area contributed by atoms with E-state index in [4.69, 9.17) is 9.97 Å². The molecule has 0 saturated carbocycles. The van der Waals surface area contributed by atoms with Gasteiger partial charge in [-0.3, -0.25) is 0 Å². The van der Waals surface area contributed by atoms with E-state index >= 15 is 0 Å². The van der Waals surface area contributed by atoms with Gasteiger partial charge in [0, 0.05) is 0 Å². The molecule has 0 aliphatic carbocycles. The van der Waals surface area contributed by atoms with Crippen molar-refractivity contribution in [3.63, 3.8) is 0 Å². The Labute approximate surface area is 345 Å². The van der Waals surface area contributed by atoms with Crippen molar-refractivity contribution in [2.24, 2.45) is 0 Å². The average Bonchev–Trinajstić information content (AvgIpc) is 3.69. The molecule has 0 spiro atoms. The van der Waals surface area contributed by atoms with Gasteiger partial charge in [0.1, 0.15) is 0 Å². The van der Waals surface area contributed by atoms with E-state index in [0.717, 1.165) is 38.5 Å². The fourth-order valence-electron chi connectivity index (χ4n) is 8.56. The molecule has 0 fully saturated rings. The summed E-state index contributed by atoms with van der Waals surface area (Å²) in [6.45, 7) is 0. The number of hydrogen-bond donors (Lipinski definition) is 0. The second-order valence-corrected chi connectivity index (χ2v) is 26.9. The molecule has 3 aromatic heterocycles. The molecule has 0 N–H and O–H groups in total. The minimum absolute atomic E-state index is 0.961. The van der Waals surface area contributed by atoms with Gasteiger partial charge >= 0.3 is 348 Å². The quantitative estimate of drug-likeness (QED) is 0.0948. The van der Waals surface area contributed by atoms with Gasteiger partial charge < -0.3 is 0 Å². The number of fused-ring (bicyclic) bond motifs is 10. The van der Waals surface area contributed by atoms with Crippen LogP contribution in [0.2, 0.25) is 0 Å². The van der Waals surface area contributed by atoms with Gasteiger partial charge in [-0.15, -0.1) is 0 Å². The summed E-state index contributed by atoms with van der Waals surface area (Å²) >= 11 is 7.65. The summed E-state index contributed by atoms with van der Waals surface area (Å²) in [6.07, 6.45) is 2.09. The zero-order valence-corrected chi connectivity index (χ0v) is 35.8. The molecule has 57 heavy (non-hydrogen) atoms. The van der Waals surface area contributed by atoms with E-state index in [0.29, 0.717) is 0 Å². The molecule has 3 nitrogen and oxygen atoms in total. The zero-order valence-electron chi connectivity index (χ0n) is 30.6. The Morgan fingerprint density at radius 2 is 1.02 bits per heavy atom. The first-order chi connectivity index (χ1) is 28.0. The molecule has 8 aromatic carbocycles. The van der Waals surface area contributed by atoms with Crippen molar-refractivity contribution >= 4 is 133 Å². The van der Waals surface area contributed by atoms with Crippen LogP contribution in [0.1, 0.15) is 0 Å². The first-order valence-electron chi connectivity index (χ1n) is 18.9. The summed E-state index contributed by atoms with van der Waals surface area (Å²) in [4.78, 5) is 10.8. The summed E-state index contributed by atoms with van der Waals surface area (Å²) in [5.41, 5.74) is 0.626. The summed E-state index contributed by atoms with van der Waals surface area (Å²) in [7, 11) is 0. The fourth-order valence-corrected chi connectivity index (χ4v) is 18.5. The van der Waals surface area contributed by atoms with Crippen LogP contribution in [0.3, 0.4) is 0 Å². The van der Waals surface area contributed by atoms with Crippen molar-refractivity contribution < 1.29 is 0 Å². The van der Waals surface area contributed by atoms with E-state index in [1.54, 1.807) is 0 Å². The topological polar surface area (TPSA) is 30.2 Å². The molecule has 1 atom stereocenters. The Bertz CT molecular complexity index is 3360. The predicted molar refractivity (Wildman–Crippen MR) is 249 cm³/mol. The van der Waals surface area contributed by atoms with E-state index in [2.05, 4.69) is 235 Å². The molecular formula is C50H33N3P2Se2. The van der Waals surface area contributed by atoms with E-state index in [1.807, 2.05) is 0 Å². The van der Waals surface area contributed by atoms with E-state index < -0.39 is 11.0 Å². The molecule has 0 saturated heterocycles. The number of nitrogens with zero attached hydrogens (tertiary/aromatic N) is 3. The maximum absolute atomic E-state index is 5.76. The molecule has 270 valence electrons. The SMILES string of the molecule is [Se]=P(c1ccccc1)(c1ccccc1)c1ccc2c3ccccc3n3c4cccc(P(=[Se])(c5ccc6ccccc6c5)c5cnc6ccccc6c5)c4nc3c2c1. The summed E-state index contributed by atoms with van der Waals surface area (Å²) in [5, 5.41) is 14.6. The number of hydrogen-bond acceptors (Lipinski definition) is 2. The van der Waals surface area contributed by atoms with Gasteiger partial charge in [-0.1, -0.05) is 0 Å². The van der Waals surface area contributed by atoms with E-state index in [1.165, 1.54) is 53.4 Å². The Morgan fingerprint density at radius 1 is 0.404 bits per heavy atom. The normalized spacial score (nSPS) is 13.2. The molecule has 3 heterocycles. The Kier molecular flexibility index (Phi) is 8.43. The van der Waals surface area contributed by atoms with Crippen molar-refractivity contribution in [1.82, 2.24) is 14.4 Å². The van der Waals surface area contributed by atoms with Crippen LogP contribution in [0.15, 0.2) is 200 Å². The molecule has 0 aliphatic heterocycles. The summed E-state index contributed by atoms with van der Waals surface area (Å²) in [6, 6.07) is 70.8. The first-order valence-corrected chi connectivity index (χ1v) is 27.0. The van der Waals surface area contributed by atoms with Gasteiger partial charge in [0.2, 0.25) is 0 Å². The maximum atomic E-state index is 5.76. The number of rotatable bonds is 6. The van der Waals surface area contributed by atoms with E-state index in [-0.39, 0.29) is 0 Å². The molecule has 11 aromatic rings. The Hall–Kier alpha value is -5.20. The van der Waals surface area contributed by atoms with Crippen LogP contribution in [-0.4, -0.2) is 44.6 Å². The zero-order chi connectivity index (χ0) is 38.1. The molecule has 0 aliphatic rings. The van der Waals surface area contributed by atoms with Crippen molar-refractivity contribution in [3.8, 4) is 0 Å². The van der Waals surface area contributed by atoms with Gasteiger partial charge in [0.05, 0.1) is 0 Å². The third-order valence-corrected chi connectivity index (χ3v) is 25.3. The Balaban J connectivity index is 1.24. The molecular weight excluding hydrogens is 862 g/mol. The third-order valence-electron chi connectivity index (χ3n) is 11.3. The molecule has 0 radical (unpaired) electrons. The number of benzene rings is 8. The average molecular weight is 896 g/mol. The number of pyridine rings is 2. The van der Waals surface area contributed by atoms with Gasteiger partial charge in [-0.05, 0) is 0 Å². The van der Waals surface area contributed by atoms with Crippen molar-refractivity contribution in [3.05, 3.63) is 200 Å². The van der Waals surface area contributed by atoms with Crippen molar-refractivity contribution in [1.29, 1.82) is 0 Å². The van der Waals surface area contributed by atoms with Crippen LogP contribution in [-0.2, 0) is 0 Å². The van der Waals surface area contributed by atoms with Crippen molar-refractivity contribution in [2.75, 3.05) is 0 Å². The summed E-state index contributed by atoms with van der Waals surface area (Å²) in [5.74, 6) is 0. The minimum atomic E-state index is -2.44. The summed E-state index contributed by atoms with van der Waals surface area (Å²) < 4.78 is 2.40. The van der Waals surface area contributed by atoms with Crippen LogP contribution in [0, 0.1) is 0 Å². The Morgan fingerprint density at radius 3 is 1.81 bits per heavy atom. The molecule has 0 amide bonds. The predicted octanol–water partition coefficient (Wildman–Crippen LogP) is 9.25. The molecule has 0 bridgehead atoms. The van der Waals surface area contributed by atoms with Gasteiger partial charge in [0.25, 0.3) is 0 Å². The standard InChI is InChI=1S/C50H33N3P2Se2/c56-54(37-17-3-1-4-18-37,38-19-5-2-6-20-38)40-28-29-42-43-21-10-12-23-46(43)53-47-24-13-25-48(49(47)52-50(53)44(42)32-40)55(57,39-27-26-34-14-7-8-15-35(34)30-39)41-31-36-16-9-11-22-45(36)51-33-41/h1-33H. The second kappa shape index (κ2) is 13.7. The second-order valence-electron chi connectivity index (χ2n) is 14.5. The first kappa shape index (κ1) is 35.0. The van der Waals surface area contributed by atoms with Crippen LogP contribution >= 0.6 is 11.0 Å². The van der Waals surface area contributed by atoms with Crippen LogP contribution in [0.5, 0.6) is 0 Å². The number of imidazole rings is 1. The molecule has 7 heteroatoms. The molecule has 11 rings (SSSR count). The van der Waals surface area contributed by atoms with Gasteiger partial charge in [0.15, 0.2) is 0 Å². The number of aromatic nitrogens is 3. The van der Waals surface area contributed by atoms with Crippen LogP contribution in [0.25, 0.3) is 60.0 Å². The van der Waals surface area contributed by atoms with Crippen LogP contribution in [0.4, 0.5) is 0 Å². The fraction of sp³-hybridized carbons (Fsp3) is 0. The van der Waals surface area contributed by atoms with E-state index in [9.17, 15) is 0 Å². The number of para-hydroxylation sites is 3. The van der Waals surface area contributed by atoms with Crippen molar-refractivity contribution in [2.45, 2.75) is 0 Å². The van der Waals surface area contributed by atoms with Crippen LogP contribution < -0.4 is 31.8 Å². The third kappa shape index (κ3) is 5.46. The van der Waals surface area contributed by atoms with Gasteiger partial charge in [-0.2, -0.15) is 0 Å². The van der Waals surface area contributed by atoms with Gasteiger partial charge in [-0.25, -0.2) is 0 Å².